The summed E-state index contributed by atoms with van der Waals surface area (Å²) in [6.45, 7) is 8.10. The van der Waals surface area contributed by atoms with E-state index in [2.05, 4.69) is 58.3 Å². The molecule has 0 aliphatic carbocycles. The van der Waals surface area contributed by atoms with Crippen molar-refractivity contribution in [2.24, 2.45) is 11.8 Å². The Balaban J connectivity index is 1.28. The molecule has 0 radical (unpaired) electrons. The van der Waals surface area contributed by atoms with E-state index in [-0.39, 0.29) is 6.04 Å². The molecular formula is C30H42N6O2. The zero-order valence-corrected chi connectivity index (χ0v) is 23.0. The van der Waals surface area contributed by atoms with Gasteiger partial charge in [0.1, 0.15) is 5.82 Å². The highest BCUT2D eigenvalue weighted by molar-refractivity contribution is 6.39. The minimum atomic E-state index is -0.630. The fourth-order valence-electron chi connectivity index (χ4n) is 6.71. The quantitative estimate of drug-likeness (QED) is 0.592. The molecule has 2 aromatic rings. The summed E-state index contributed by atoms with van der Waals surface area (Å²) < 4.78 is 0. The molecule has 2 amide bonds. The number of aryl methyl sites for hydroxylation is 1. The van der Waals surface area contributed by atoms with E-state index >= 15 is 0 Å². The maximum atomic E-state index is 13.4. The molecule has 4 atom stereocenters. The topological polar surface area (TPSA) is 94.8 Å². The molecule has 4 heterocycles. The van der Waals surface area contributed by atoms with Crippen molar-refractivity contribution in [3.8, 4) is 0 Å². The van der Waals surface area contributed by atoms with Gasteiger partial charge >= 0.3 is 11.8 Å². The van der Waals surface area contributed by atoms with Crippen LogP contribution in [0.5, 0.6) is 0 Å². The van der Waals surface area contributed by atoms with Crippen LogP contribution >= 0.6 is 0 Å². The molecule has 3 aliphatic heterocycles. The van der Waals surface area contributed by atoms with Gasteiger partial charge in [0.05, 0.1) is 17.9 Å². The monoisotopic (exact) mass is 518 g/mol. The number of piperidine rings is 3. The van der Waals surface area contributed by atoms with Gasteiger partial charge in [-0.05, 0) is 93.3 Å². The standard InChI is InChI=1S/C30H42N6O2/c1-4-21-16-24(17-32-28(21)31)33-29(37)30(38)36-18-20(2)7-12-27(36)22-8-10-25(11-9-22)35-15-13-26-23(19-35)6-5-14-34(26)3/h8-11,16-17,20,23,26-27H,4-7,12-15,18-19H2,1-3H3,(H2,31,32)(H,33,37)/t20-,23-,26+,27+/m0/s1. The molecule has 204 valence electrons. The Hall–Kier alpha value is -3.13. The number of anilines is 3. The zero-order chi connectivity index (χ0) is 26.8. The van der Waals surface area contributed by atoms with Crippen molar-refractivity contribution in [1.29, 1.82) is 0 Å². The lowest BCUT2D eigenvalue weighted by Crippen LogP contribution is -2.52. The number of likely N-dealkylation sites (tertiary alicyclic amines) is 2. The highest BCUT2D eigenvalue weighted by atomic mass is 16.2. The molecule has 5 rings (SSSR count). The van der Waals surface area contributed by atoms with Crippen LogP contribution in [0.4, 0.5) is 17.2 Å². The molecule has 8 nitrogen and oxygen atoms in total. The van der Waals surface area contributed by atoms with E-state index in [4.69, 9.17) is 5.73 Å². The fourth-order valence-corrected chi connectivity index (χ4v) is 6.71. The molecule has 3 saturated heterocycles. The Labute approximate surface area is 226 Å². The van der Waals surface area contributed by atoms with Crippen molar-refractivity contribution in [2.45, 2.75) is 64.5 Å². The highest BCUT2D eigenvalue weighted by Gasteiger charge is 2.36. The number of carbonyl (C=O) groups excluding carboxylic acids is 2. The summed E-state index contributed by atoms with van der Waals surface area (Å²) in [5.74, 6) is 0.402. The first-order chi connectivity index (χ1) is 18.3. The van der Waals surface area contributed by atoms with Gasteiger partial charge in [0.25, 0.3) is 0 Å². The van der Waals surface area contributed by atoms with Crippen molar-refractivity contribution >= 4 is 29.0 Å². The number of hydrogen-bond donors (Lipinski definition) is 2. The second-order valence-corrected chi connectivity index (χ2v) is 11.5. The van der Waals surface area contributed by atoms with E-state index in [9.17, 15) is 9.59 Å². The average molecular weight is 519 g/mol. The zero-order valence-electron chi connectivity index (χ0n) is 23.0. The van der Waals surface area contributed by atoms with Crippen molar-refractivity contribution in [1.82, 2.24) is 14.8 Å². The number of benzene rings is 1. The summed E-state index contributed by atoms with van der Waals surface area (Å²) in [6.07, 6.45) is 7.90. The molecular weight excluding hydrogens is 476 g/mol. The summed E-state index contributed by atoms with van der Waals surface area (Å²) in [5.41, 5.74) is 9.58. The number of nitrogens with one attached hydrogen (secondary N) is 1. The Kier molecular flexibility index (Phi) is 7.88. The highest BCUT2D eigenvalue weighted by Crippen LogP contribution is 2.36. The maximum Gasteiger partial charge on any atom is 0.313 e. The van der Waals surface area contributed by atoms with Crippen LogP contribution in [-0.2, 0) is 16.0 Å². The number of nitrogen functional groups attached to an aromatic ring is 1. The van der Waals surface area contributed by atoms with Crippen LogP contribution in [0.25, 0.3) is 0 Å². The van der Waals surface area contributed by atoms with E-state index in [1.165, 1.54) is 37.7 Å². The lowest BCUT2D eigenvalue weighted by molar-refractivity contribution is -0.146. The molecule has 0 unspecified atom stereocenters. The Morgan fingerprint density at radius 3 is 2.63 bits per heavy atom. The summed E-state index contributed by atoms with van der Waals surface area (Å²) >= 11 is 0. The van der Waals surface area contributed by atoms with Crippen molar-refractivity contribution in [3.05, 3.63) is 47.7 Å². The maximum absolute atomic E-state index is 13.4. The van der Waals surface area contributed by atoms with Gasteiger partial charge in [0.2, 0.25) is 0 Å². The van der Waals surface area contributed by atoms with E-state index in [1.807, 2.05) is 6.92 Å². The lowest BCUT2D eigenvalue weighted by Gasteiger charge is -2.46. The average Bonchev–Trinajstić information content (AvgIpc) is 2.93. The number of nitrogens with zero attached hydrogens (tertiary/aromatic N) is 4. The fraction of sp³-hybridized carbons (Fsp3) is 0.567. The van der Waals surface area contributed by atoms with Crippen LogP contribution in [-0.4, -0.2) is 65.9 Å². The molecule has 38 heavy (non-hydrogen) atoms. The number of amides is 2. The van der Waals surface area contributed by atoms with Crippen LogP contribution in [0.3, 0.4) is 0 Å². The van der Waals surface area contributed by atoms with Crippen molar-refractivity contribution in [3.63, 3.8) is 0 Å². The van der Waals surface area contributed by atoms with Gasteiger partial charge in [-0.25, -0.2) is 4.98 Å². The molecule has 0 bridgehead atoms. The SMILES string of the molecule is CCc1cc(NC(=O)C(=O)N2C[C@@H](C)CC[C@@H]2c2ccc(N3CC[C@@H]4[C@@H](CCCN4C)C3)cc2)cnc1N. The van der Waals surface area contributed by atoms with Gasteiger partial charge in [-0.3, -0.25) is 9.59 Å². The van der Waals surface area contributed by atoms with E-state index < -0.39 is 11.8 Å². The number of pyridine rings is 1. The molecule has 3 N–H and O–H groups in total. The summed E-state index contributed by atoms with van der Waals surface area (Å²) in [4.78, 5) is 37.4. The van der Waals surface area contributed by atoms with Crippen LogP contribution in [0.1, 0.15) is 63.1 Å². The first-order valence-electron chi connectivity index (χ1n) is 14.3. The minimum Gasteiger partial charge on any atom is -0.383 e. The summed E-state index contributed by atoms with van der Waals surface area (Å²) in [7, 11) is 2.27. The smallest absolute Gasteiger partial charge is 0.313 e. The van der Waals surface area contributed by atoms with Gasteiger partial charge in [-0.15, -0.1) is 0 Å². The number of fused-ring (bicyclic) bond motifs is 1. The van der Waals surface area contributed by atoms with E-state index in [0.29, 0.717) is 36.4 Å². The first-order valence-corrected chi connectivity index (χ1v) is 14.3. The summed E-state index contributed by atoms with van der Waals surface area (Å²) in [6, 6.07) is 11.1. The molecule has 8 heteroatoms. The summed E-state index contributed by atoms with van der Waals surface area (Å²) in [5, 5.41) is 2.75. The van der Waals surface area contributed by atoms with Crippen LogP contribution in [0.2, 0.25) is 0 Å². The third-order valence-electron chi connectivity index (χ3n) is 8.90. The molecule has 0 spiro atoms. The largest absolute Gasteiger partial charge is 0.383 e. The Bertz CT molecular complexity index is 1150. The minimum absolute atomic E-state index is 0.105. The number of hydrogen-bond acceptors (Lipinski definition) is 6. The normalized spacial score (nSPS) is 26.1. The lowest BCUT2D eigenvalue weighted by atomic mass is 9.84. The second kappa shape index (κ2) is 11.3. The van der Waals surface area contributed by atoms with Gasteiger partial charge in [-0.1, -0.05) is 26.0 Å². The number of nitrogens with two attached hydrogens (primary N) is 1. The van der Waals surface area contributed by atoms with Crippen LogP contribution in [0.15, 0.2) is 36.5 Å². The van der Waals surface area contributed by atoms with Crippen molar-refractivity contribution in [2.75, 3.05) is 49.2 Å². The van der Waals surface area contributed by atoms with Crippen LogP contribution in [0, 0.1) is 11.8 Å². The Morgan fingerprint density at radius 1 is 1.08 bits per heavy atom. The molecule has 1 aromatic heterocycles. The van der Waals surface area contributed by atoms with Crippen molar-refractivity contribution < 1.29 is 9.59 Å². The molecule has 3 fully saturated rings. The van der Waals surface area contributed by atoms with E-state index in [0.717, 1.165) is 43.0 Å². The predicted octanol–water partition coefficient (Wildman–Crippen LogP) is 4.09. The second-order valence-electron chi connectivity index (χ2n) is 11.5. The first kappa shape index (κ1) is 26.5. The molecule has 0 saturated carbocycles. The number of aromatic nitrogens is 1. The number of rotatable bonds is 4. The molecule has 3 aliphatic rings. The number of carbonyl (C=O) groups is 2. The third kappa shape index (κ3) is 5.51. The van der Waals surface area contributed by atoms with Crippen LogP contribution < -0.4 is 16.0 Å². The van der Waals surface area contributed by atoms with Gasteiger partial charge in [-0.2, -0.15) is 0 Å². The Morgan fingerprint density at radius 2 is 1.87 bits per heavy atom. The van der Waals surface area contributed by atoms with E-state index in [1.54, 1.807) is 11.0 Å². The van der Waals surface area contributed by atoms with Gasteiger partial charge < -0.3 is 25.8 Å². The predicted molar refractivity (Wildman–Crippen MR) is 152 cm³/mol. The van der Waals surface area contributed by atoms with Gasteiger partial charge in [0.15, 0.2) is 0 Å². The molecule has 1 aromatic carbocycles. The third-order valence-corrected chi connectivity index (χ3v) is 8.90. The van der Waals surface area contributed by atoms with Gasteiger partial charge in [0, 0.05) is 31.4 Å².